The van der Waals surface area contributed by atoms with Crippen molar-refractivity contribution >= 4 is 27.5 Å². The van der Waals surface area contributed by atoms with Gasteiger partial charge in [0.25, 0.3) is 5.91 Å². The Hall–Kier alpha value is -2.72. The number of sulfonamides is 1. The molecule has 0 atom stereocenters. The van der Waals surface area contributed by atoms with Crippen molar-refractivity contribution in [3.05, 3.63) is 51.8 Å². The molecule has 1 heterocycles. The number of primary sulfonamides is 1. The van der Waals surface area contributed by atoms with Gasteiger partial charge in [0, 0.05) is 5.69 Å². The quantitative estimate of drug-likeness (QED) is 0.641. The lowest BCUT2D eigenvalue weighted by molar-refractivity contribution is -0.402. The van der Waals surface area contributed by atoms with Gasteiger partial charge in [-0.05, 0) is 30.7 Å². The zero-order chi connectivity index (χ0) is 16.5. The average molecular weight is 325 g/mol. The Bertz CT molecular complexity index is 855. The van der Waals surface area contributed by atoms with E-state index in [4.69, 9.17) is 9.56 Å². The molecule has 1 aromatic heterocycles. The first kappa shape index (κ1) is 15.7. The van der Waals surface area contributed by atoms with Crippen molar-refractivity contribution in [1.29, 1.82) is 0 Å². The lowest BCUT2D eigenvalue weighted by Gasteiger charge is -2.07. The van der Waals surface area contributed by atoms with Crippen LogP contribution in [0.25, 0.3) is 0 Å². The van der Waals surface area contributed by atoms with Crippen LogP contribution in [0, 0.1) is 17.0 Å². The van der Waals surface area contributed by atoms with E-state index in [1.807, 2.05) is 0 Å². The summed E-state index contributed by atoms with van der Waals surface area (Å²) in [5.74, 6) is -1.60. The summed E-state index contributed by atoms with van der Waals surface area (Å²) in [6, 6.07) is 6.32. The van der Waals surface area contributed by atoms with Crippen LogP contribution in [0.1, 0.15) is 16.1 Å². The molecule has 0 saturated carbocycles. The fourth-order valence-electron chi connectivity index (χ4n) is 1.72. The molecule has 116 valence electrons. The van der Waals surface area contributed by atoms with Gasteiger partial charge in [-0.3, -0.25) is 14.9 Å². The zero-order valence-corrected chi connectivity index (χ0v) is 12.1. The van der Waals surface area contributed by atoms with E-state index in [1.54, 1.807) is 6.92 Å². The highest BCUT2D eigenvalue weighted by Gasteiger charge is 2.18. The summed E-state index contributed by atoms with van der Waals surface area (Å²) in [5.41, 5.74) is 0.591. The van der Waals surface area contributed by atoms with Crippen LogP contribution in [0.5, 0.6) is 0 Å². The smallest absolute Gasteiger partial charge is 0.395 e. The van der Waals surface area contributed by atoms with Crippen LogP contribution >= 0.6 is 0 Å². The topological polar surface area (TPSA) is 146 Å². The Morgan fingerprint density at radius 2 is 2.00 bits per heavy atom. The van der Waals surface area contributed by atoms with Gasteiger partial charge in [-0.1, -0.05) is 6.07 Å². The number of nitro groups is 1. The molecule has 0 radical (unpaired) electrons. The Kier molecular flexibility index (Phi) is 3.97. The SMILES string of the molecule is Cc1ccc(NC(=O)c2ccc([N+](=O)[O-])o2)cc1S(N)(=O)=O. The van der Waals surface area contributed by atoms with Gasteiger partial charge in [0.15, 0.2) is 5.76 Å². The van der Waals surface area contributed by atoms with Crippen molar-refractivity contribution in [2.24, 2.45) is 5.14 Å². The number of nitrogens with zero attached hydrogens (tertiary/aromatic N) is 1. The van der Waals surface area contributed by atoms with Crippen LogP contribution in [-0.4, -0.2) is 19.2 Å². The summed E-state index contributed by atoms with van der Waals surface area (Å²) >= 11 is 0. The van der Waals surface area contributed by atoms with Crippen LogP contribution < -0.4 is 10.5 Å². The number of amides is 1. The minimum absolute atomic E-state index is 0.129. The lowest BCUT2D eigenvalue weighted by atomic mass is 10.2. The van der Waals surface area contributed by atoms with E-state index in [2.05, 4.69) is 5.32 Å². The number of rotatable bonds is 4. The van der Waals surface area contributed by atoms with E-state index in [9.17, 15) is 23.3 Å². The molecule has 0 unspecified atom stereocenters. The number of benzene rings is 1. The summed E-state index contributed by atoms with van der Waals surface area (Å²) in [6.07, 6.45) is 0. The molecule has 2 rings (SSSR count). The van der Waals surface area contributed by atoms with Gasteiger partial charge in [0.05, 0.1) is 11.0 Å². The van der Waals surface area contributed by atoms with Crippen molar-refractivity contribution < 1.29 is 22.6 Å². The third-order valence-corrected chi connectivity index (χ3v) is 3.80. The summed E-state index contributed by atoms with van der Waals surface area (Å²) in [7, 11) is -3.93. The summed E-state index contributed by atoms with van der Waals surface area (Å²) < 4.78 is 27.6. The average Bonchev–Trinajstić information content (AvgIpc) is 2.89. The van der Waals surface area contributed by atoms with Gasteiger partial charge in [-0.25, -0.2) is 13.6 Å². The molecule has 0 bridgehead atoms. The van der Waals surface area contributed by atoms with Gasteiger partial charge in [0.2, 0.25) is 10.0 Å². The van der Waals surface area contributed by atoms with Crippen LogP contribution in [0.15, 0.2) is 39.6 Å². The fraction of sp³-hybridized carbons (Fsp3) is 0.0833. The van der Waals surface area contributed by atoms with Crippen LogP contribution in [0.3, 0.4) is 0 Å². The number of hydrogen-bond acceptors (Lipinski definition) is 6. The summed E-state index contributed by atoms with van der Waals surface area (Å²) in [6.45, 7) is 1.56. The molecule has 3 N–H and O–H groups in total. The van der Waals surface area contributed by atoms with Crippen molar-refractivity contribution in [3.8, 4) is 0 Å². The van der Waals surface area contributed by atoms with Gasteiger partial charge in [-0.2, -0.15) is 0 Å². The molecule has 0 fully saturated rings. The molecule has 9 nitrogen and oxygen atoms in total. The van der Waals surface area contributed by atoms with Crippen LogP contribution in [0.2, 0.25) is 0 Å². The molecule has 0 aliphatic carbocycles. The highest BCUT2D eigenvalue weighted by molar-refractivity contribution is 7.89. The second kappa shape index (κ2) is 5.58. The van der Waals surface area contributed by atoms with E-state index in [0.717, 1.165) is 12.1 Å². The molecule has 0 spiro atoms. The van der Waals surface area contributed by atoms with E-state index < -0.39 is 26.7 Å². The number of nitrogens with two attached hydrogens (primary N) is 1. The summed E-state index contributed by atoms with van der Waals surface area (Å²) in [5, 5.41) is 17.9. The third-order valence-electron chi connectivity index (χ3n) is 2.75. The normalized spacial score (nSPS) is 11.2. The molecule has 22 heavy (non-hydrogen) atoms. The first-order valence-electron chi connectivity index (χ1n) is 5.87. The number of anilines is 1. The van der Waals surface area contributed by atoms with Crippen molar-refractivity contribution in [2.45, 2.75) is 11.8 Å². The lowest BCUT2D eigenvalue weighted by Crippen LogP contribution is -2.15. The summed E-state index contributed by atoms with van der Waals surface area (Å²) in [4.78, 5) is 21.5. The molecule has 0 aliphatic rings. The molecule has 10 heteroatoms. The van der Waals surface area contributed by atoms with E-state index in [-0.39, 0.29) is 16.3 Å². The maximum atomic E-state index is 11.9. The number of hydrogen-bond donors (Lipinski definition) is 2. The largest absolute Gasteiger partial charge is 0.433 e. The molecule has 0 saturated heterocycles. The second-order valence-corrected chi connectivity index (χ2v) is 5.90. The minimum atomic E-state index is -3.93. The standard InChI is InChI=1S/C12H11N3O6S/c1-7-2-3-8(6-10(7)22(13,19)20)14-12(16)9-4-5-11(21-9)15(17)18/h2-6H,1H3,(H,14,16)(H2,13,19,20). The second-order valence-electron chi connectivity index (χ2n) is 4.37. The van der Waals surface area contributed by atoms with Gasteiger partial charge in [-0.15, -0.1) is 0 Å². The highest BCUT2D eigenvalue weighted by atomic mass is 32.2. The van der Waals surface area contributed by atoms with E-state index >= 15 is 0 Å². The highest BCUT2D eigenvalue weighted by Crippen LogP contribution is 2.21. The Morgan fingerprint density at radius 3 is 2.55 bits per heavy atom. The van der Waals surface area contributed by atoms with Gasteiger partial charge in [0.1, 0.15) is 4.92 Å². The van der Waals surface area contributed by atoms with Crippen molar-refractivity contribution in [2.75, 3.05) is 5.32 Å². The maximum absolute atomic E-state index is 11.9. The number of carbonyl (C=O) groups excluding carboxylic acids is 1. The maximum Gasteiger partial charge on any atom is 0.433 e. The van der Waals surface area contributed by atoms with Gasteiger partial charge < -0.3 is 9.73 Å². The van der Waals surface area contributed by atoms with E-state index in [1.165, 1.54) is 18.2 Å². The van der Waals surface area contributed by atoms with Crippen LogP contribution in [0.4, 0.5) is 11.6 Å². The van der Waals surface area contributed by atoms with Crippen molar-refractivity contribution in [1.82, 2.24) is 0 Å². The molecule has 0 aliphatic heterocycles. The molecule has 2 aromatic rings. The first-order valence-corrected chi connectivity index (χ1v) is 7.42. The Morgan fingerprint density at radius 1 is 1.32 bits per heavy atom. The Balaban J connectivity index is 2.27. The zero-order valence-electron chi connectivity index (χ0n) is 11.3. The fourth-order valence-corrected chi connectivity index (χ4v) is 2.53. The predicted octanol–water partition coefficient (Wildman–Crippen LogP) is 1.40. The molecule has 1 aromatic carbocycles. The molecular weight excluding hydrogens is 314 g/mol. The molecule has 1 amide bonds. The number of furan rings is 1. The van der Waals surface area contributed by atoms with Gasteiger partial charge >= 0.3 is 5.88 Å². The monoisotopic (exact) mass is 325 g/mol. The number of carbonyl (C=O) groups is 1. The van der Waals surface area contributed by atoms with E-state index in [0.29, 0.717) is 5.56 Å². The minimum Gasteiger partial charge on any atom is -0.395 e. The number of nitrogens with one attached hydrogen (secondary N) is 1. The predicted molar refractivity (Wildman–Crippen MR) is 75.9 cm³/mol. The van der Waals surface area contributed by atoms with Crippen LogP contribution in [-0.2, 0) is 10.0 Å². The third kappa shape index (κ3) is 3.30. The first-order chi connectivity index (χ1) is 10.2. The Labute approximate surface area is 124 Å². The van der Waals surface area contributed by atoms with Crippen molar-refractivity contribution in [3.63, 3.8) is 0 Å². The number of aryl methyl sites for hydroxylation is 1. The molecular formula is C12H11N3O6S.